The SMILES string of the molecule is CC(=O)CC[C@H](NC(=O)[C@H](CC(N)=O)NC(=O)CS)C(N)=O. The van der Waals surface area contributed by atoms with Gasteiger partial charge in [0.05, 0.1) is 12.2 Å². The molecule has 6 N–H and O–H groups in total. The van der Waals surface area contributed by atoms with Crippen molar-refractivity contribution in [2.24, 2.45) is 11.5 Å². The molecule has 0 aliphatic heterocycles. The molecule has 4 amide bonds. The van der Waals surface area contributed by atoms with E-state index in [0.717, 1.165) is 0 Å². The number of nitrogens with two attached hydrogens (primary N) is 2. The lowest BCUT2D eigenvalue weighted by Gasteiger charge is -2.20. The van der Waals surface area contributed by atoms with Gasteiger partial charge in [0.1, 0.15) is 17.9 Å². The molecule has 0 aromatic heterocycles. The van der Waals surface area contributed by atoms with Gasteiger partial charge in [0.2, 0.25) is 23.6 Å². The van der Waals surface area contributed by atoms with Gasteiger partial charge in [-0.15, -0.1) is 0 Å². The van der Waals surface area contributed by atoms with E-state index >= 15 is 0 Å². The van der Waals surface area contributed by atoms with Crippen molar-refractivity contribution in [3.05, 3.63) is 0 Å². The average molecular weight is 332 g/mol. The number of hydrogen-bond acceptors (Lipinski definition) is 6. The van der Waals surface area contributed by atoms with Gasteiger partial charge in [0, 0.05) is 6.42 Å². The molecule has 0 aromatic rings. The molecule has 0 unspecified atom stereocenters. The number of amides is 4. The topological polar surface area (TPSA) is 161 Å². The maximum Gasteiger partial charge on any atom is 0.243 e. The van der Waals surface area contributed by atoms with Crippen molar-refractivity contribution < 1.29 is 24.0 Å². The first kappa shape index (κ1) is 19.9. The molecule has 124 valence electrons. The minimum Gasteiger partial charge on any atom is -0.370 e. The Morgan fingerprint density at radius 3 is 2.05 bits per heavy atom. The van der Waals surface area contributed by atoms with Crippen LogP contribution in [0.15, 0.2) is 0 Å². The van der Waals surface area contributed by atoms with E-state index in [4.69, 9.17) is 11.5 Å². The lowest BCUT2D eigenvalue weighted by atomic mass is 10.1. The maximum atomic E-state index is 12.0. The number of thiol groups is 1. The number of rotatable bonds is 10. The van der Waals surface area contributed by atoms with Crippen LogP contribution in [0.25, 0.3) is 0 Å². The van der Waals surface area contributed by atoms with Crippen LogP contribution in [0.1, 0.15) is 26.2 Å². The number of ketones is 1. The molecule has 0 saturated heterocycles. The Bertz CT molecular complexity index is 468. The smallest absolute Gasteiger partial charge is 0.243 e. The van der Waals surface area contributed by atoms with Gasteiger partial charge in [0.25, 0.3) is 0 Å². The van der Waals surface area contributed by atoms with Gasteiger partial charge in [-0.25, -0.2) is 0 Å². The summed E-state index contributed by atoms with van der Waals surface area (Å²) in [6, 6.07) is -2.32. The molecule has 0 aliphatic carbocycles. The summed E-state index contributed by atoms with van der Waals surface area (Å²) in [5, 5.41) is 4.55. The molecule has 10 heteroatoms. The summed E-state index contributed by atoms with van der Waals surface area (Å²) in [6.07, 6.45) is -0.360. The molecule has 0 aliphatic rings. The minimum atomic E-state index is -1.24. The van der Waals surface area contributed by atoms with Gasteiger partial charge in [-0.1, -0.05) is 0 Å². The van der Waals surface area contributed by atoms with E-state index < -0.39 is 42.1 Å². The van der Waals surface area contributed by atoms with E-state index in [2.05, 4.69) is 23.3 Å². The Kier molecular flexibility index (Phi) is 8.83. The summed E-state index contributed by atoms with van der Waals surface area (Å²) in [6.45, 7) is 1.34. The highest BCUT2D eigenvalue weighted by Gasteiger charge is 2.26. The van der Waals surface area contributed by atoms with Gasteiger partial charge in [-0.3, -0.25) is 19.2 Å². The van der Waals surface area contributed by atoms with Crippen LogP contribution in [0.2, 0.25) is 0 Å². The standard InChI is InChI=1S/C12H20N4O5S/c1-6(17)2-3-7(11(14)20)16-12(21)8(4-9(13)18)15-10(19)5-22/h7-8,22H,2-5H2,1H3,(H2,13,18)(H2,14,20)(H,15,19)(H,16,21)/t7-,8-/m0/s1. The summed E-state index contributed by atoms with van der Waals surface area (Å²) in [7, 11) is 0. The number of primary amides is 2. The first-order valence-electron chi connectivity index (χ1n) is 6.45. The van der Waals surface area contributed by atoms with E-state index in [1.807, 2.05) is 0 Å². The van der Waals surface area contributed by atoms with Crippen molar-refractivity contribution in [2.45, 2.75) is 38.3 Å². The Labute approximate surface area is 132 Å². The van der Waals surface area contributed by atoms with Crippen molar-refractivity contribution in [3.63, 3.8) is 0 Å². The average Bonchev–Trinajstić information content (AvgIpc) is 2.41. The molecule has 0 rings (SSSR count). The van der Waals surface area contributed by atoms with E-state index in [9.17, 15) is 24.0 Å². The summed E-state index contributed by atoms with van der Waals surface area (Å²) < 4.78 is 0. The molecule has 0 heterocycles. The predicted molar refractivity (Wildman–Crippen MR) is 80.6 cm³/mol. The van der Waals surface area contributed by atoms with Gasteiger partial charge in [0.15, 0.2) is 0 Å². The maximum absolute atomic E-state index is 12.0. The van der Waals surface area contributed by atoms with Crippen molar-refractivity contribution in [2.75, 3.05) is 5.75 Å². The molecule has 0 spiro atoms. The third-order valence-corrected chi connectivity index (χ3v) is 2.93. The van der Waals surface area contributed by atoms with Crippen molar-refractivity contribution >= 4 is 42.0 Å². The largest absolute Gasteiger partial charge is 0.370 e. The van der Waals surface area contributed by atoms with Crippen LogP contribution in [0, 0.1) is 0 Å². The highest BCUT2D eigenvalue weighted by Crippen LogP contribution is 2.01. The second-order valence-corrected chi connectivity index (χ2v) is 4.97. The van der Waals surface area contributed by atoms with Crippen molar-refractivity contribution in [1.29, 1.82) is 0 Å². The monoisotopic (exact) mass is 332 g/mol. The summed E-state index contributed by atoms with van der Waals surface area (Å²) in [4.78, 5) is 56.5. The highest BCUT2D eigenvalue weighted by atomic mass is 32.1. The van der Waals surface area contributed by atoms with E-state index in [1.165, 1.54) is 6.92 Å². The Balaban J connectivity index is 4.86. The quantitative estimate of drug-likeness (QED) is 0.282. The zero-order chi connectivity index (χ0) is 17.3. The van der Waals surface area contributed by atoms with E-state index in [1.54, 1.807) is 0 Å². The third-order valence-electron chi connectivity index (χ3n) is 2.65. The Morgan fingerprint density at radius 2 is 1.64 bits per heavy atom. The molecule has 0 bridgehead atoms. The molecule has 0 saturated carbocycles. The van der Waals surface area contributed by atoms with Crippen molar-refractivity contribution in [3.8, 4) is 0 Å². The molecule has 0 aromatic carbocycles. The molecule has 0 radical (unpaired) electrons. The summed E-state index contributed by atoms with van der Waals surface area (Å²) in [5.74, 6) is -3.36. The Hall–Kier alpha value is -2.10. The zero-order valence-corrected chi connectivity index (χ0v) is 13.0. The minimum absolute atomic E-state index is 0.0280. The zero-order valence-electron chi connectivity index (χ0n) is 12.1. The number of carbonyl (C=O) groups is 5. The second kappa shape index (κ2) is 9.77. The molecular weight excluding hydrogens is 312 g/mol. The lowest BCUT2D eigenvalue weighted by molar-refractivity contribution is -0.132. The van der Waals surface area contributed by atoms with Crippen LogP contribution in [0.4, 0.5) is 0 Å². The molecular formula is C12H20N4O5S. The summed E-state index contributed by atoms with van der Waals surface area (Å²) in [5.41, 5.74) is 10.2. The van der Waals surface area contributed by atoms with Crippen LogP contribution >= 0.6 is 12.6 Å². The first-order chi connectivity index (χ1) is 10.2. The fourth-order valence-electron chi connectivity index (χ4n) is 1.56. The lowest BCUT2D eigenvalue weighted by Crippen LogP contribution is -2.54. The molecule has 0 fully saturated rings. The normalized spacial score (nSPS) is 12.8. The van der Waals surface area contributed by atoms with E-state index in [0.29, 0.717) is 0 Å². The number of carbonyl (C=O) groups excluding carboxylic acids is 5. The van der Waals surface area contributed by atoms with Gasteiger partial charge in [-0.05, 0) is 13.3 Å². The summed E-state index contributed by atoms with van der Waals surface area (Å²) >= 11 is 3.74. The van der Waals surface area contributed by atoms with Crippen LogP contribution in [0.3, 0.4) is 0 Å². The fraction of sp³-hybridized carbons (Fsp3) is 0.583. The number of nitrogens with one attached hydrogen (secondary N) is 2. The number of hydrogen-bond donors (Lipinski definition) is 5. The van der Waals surface area contributed by atoms with Crippen LogP contribution in [-0.2, 0) is 24.0 Å². The van der Waals surface area contributed by atoms with Gasteiger partial charge < -0.3 is 26.9 Å². The molecule has 22 heavy (non-hydrogen) atoms. The fourth-order valence-corrected chi connectivity index (χ4v) is 1.65. The van der Waals surface area contributed by atoms with Crippen LogP contribution in [0.5, 0.6) is 0 Å². The van der Waals surface area contributed by atoms with Gasteiger partial charge >= 0.3 is 0 Å². The first-order valence-corrected chi connectivity index (χ1v) is 7.08. The second-order valence-electron chi connectivity index (χ2n) is 4.65. The van der Waals surface area contributed by atoms with E-state index in [-0.39, 0.29) is 24.4 Å². The Morgan fingerprint density at radius 1 is 1.05 bits per heavy atom. The highest BCUT2D eigenvalue weighted by molar-refractivity contribution is 7.81. The third kappa shape index (κ3) is 8.25. The number of Topliss-reactive ketones (excluding diaryl/α,β-unsaturated/α-hetero) is 1. The van der Waals surface area contributed by atoms with Crippen LogP contribution in [-0.4, -0.2) is 47.2 Å². The van der Waals surface area contributed by atoms with Gasteiger partial charge in [-0.2, -0.15) is 12.6 Å². The molecule has 2 atom stereocenters. The van der Waals surface area contributed by atoms with Crippen LogP contribution < -0.4 is 22.1 Å². The molecule has 9 nitrogen and oxygen atoms in total. The predicted octanol–water partition coefficient (Wildman–Crippen LogP) is -2.38. The van der Waals surface area contributed by atoms with Crippen molar-refractivity contribution in [1.82, 2.24) is 10.6 Å².